The van der Waals surface area contributed by atoms with Crippen LogP contribution >= 0.6 is 0 Å². The highest BCUT2D eigenvalue weighted by Crippen LogP contribution is 2.42. The van der Waals surface area contributed by atoms with E-state index in [4.69, 9.17) is 13.9 Å². The van der Waals surface area contributed by atoms with Crippen molar-refractivity contribution in [3.8, 4) is 5.75 Å². The van der Waals surface area contributed by atoms with Crippen molar-refractivity contribution in [3.63, 3.8) is 0 Å². The van der Waals surface area contributed by atoms with Crippen molar-refractivity contribution in [2.75, 3.05) is 18.6 Å². The van der Waals surface area contributed by atoms with Gasteiger partial charge >= 0.3 is 14.3 Å². The molecule has 0 unspecified atom stereocenters. The summed E-state index contributed by atoms with van der Waals surface area (Å²) in [6, 6.07) is 36.8. The van der Waals surface area contributed by atoms with Gasteiger partial charge in [-0.25, -0.2) is 4.79 Å². The number of para-hydroxylation sites is 2. The van der Waals surface area contributed by atoms with E-state index in [0.29, 0.717) is 30.0 Å². The lowest BCUT2D eigenvalue weighted by atomic mass is 10.2. The predicted octanol–water partition coefficient (Wildman–Crippen LogP) is 5.60. The van der Waals surface area contributed by atoms with Gasteiger partial charge in [0.15, 0.2) is 6.10 Å². The zero-order valence-electron chi connectivity index (χ0n) is 24.5. The molecule has 0 aliphatic carbocycles. The molecule has 6 nitrogen and oxygen atoms in total. The van der Waals surface area contributed by atoms with Gasteiger partial charge in [-0.05, 0) is 39.7 Å². The maximum atomic E-state index is 14.0. The number of methoxy groups -OCH3 is 1. The number of rotatable bonds is 9. The van der Waals surface area contributed by atoms with Crippen molar-refractivity contribution in [2.24, 2.45) is 0 Å². The van der Waals surface area contributed by atoms with Gasteiger partial charge in [0.1, 0.15) is 5.75 Å². The summed E-state index contributed by atoms with van der Waals surface area (Å²) in [5.74, 6) is -0.208. The molecule has 5 rings (SSSR count). The van der Waals surface area contributed by atoms with E-state index in [1.807, 2.05) is 66.7 Å². The largest absolute Gasteiger partial charge is 0.533 e. The third-order valence-corrected chi connectivity index (χ3v) is 12.7. The summed E-state index contributed by atoms with van der Waals surface area (Å²) in [5.41, 5.74) is 1.04. The highest BCUT2D eigenvalue weighted by atomic mass is 28.4. The SMILES string of the molecule is COC[C@H]1C[C@H](OC(=O)c2ccccc2)C(=O)N1c1ccccc1O[Si](c1ccccc1)(c1ccccc1)C(C)(C)C. The molecule has 0 aromatic heterocycles. The third-order valence-electron chi connectivity index (χ3n) is 7.79. The Morgan fingerprint density at radius 3 is 1.88 bits per heavy atom. The number of carbonyl (C=O) groups is 2. The zero-order valence-corrected chi connectivity index (χ0v) is 25.5. The van der Waals surface area contributed by atoms with Gasteiger partial charge in [0, 0.05) is 13.5 Å². The Bertz CT molecular complexity index is 1470. The van der Waals surface area contributed by atoms with Crippen LogP contribution in [0.2, 0.25) is 5.04 Å². The average Bonchev–Trinajstić information content (AvgIpc) is 3.30. The molecule has 4 aromatic carbocycles. The summed E-state index contributed by atoms with van der Waals surface area (Å²) >= 11 is 0. The summed E-state index contributed by atoms with van der Waals surface area (Å²) in [6.45, 7) is 6.94. The second-order valence-electron chi connectivity index (χ2n) is 11.5. The lowest BCUT2D eigenvalue weighted by Crippen LogP contribution is -2.69. The molecule has 0 N–H and O–H groups in total. The first-order chi connectivity index (χ1) is 20.3. The Morgan fingerprint density at radius 1 is 0.810 bits per heavy atom. The topological polar surface area (TPSA) is 65.1 Å². The summed E-state index contributed by atoms with van der Waals surface area (Å²) in [7, 11) is -1.37. The fourth-order valence-corrected chi connectivity index (χ4v) is 10.3. The molecule has 7 heteroatoms. The average molecular weight is 580 g/mol. The molecule has 1 amide bonds. The molecule has 0 radical (unpaired) electrons. The van der Waals surface area contributed by atoms with Crippen molar-refractivity contribution in [3.05, 3.63) is 121 Å². The molecule has 2 atom stereocenters. The number of amides is 1. The van der Waals surface area contributed by atoms with Crippen molar-refractivity contribution in [1.82, 2.24) is 0 Å². The van der Waals surface area contributed by atoms with Gasteiger partial charge in [0.05, 0.1) is 23.9 Å². The van der Waals surface area contributed by atoms with Gasteiger partial charge in [-0.2, -0.15) is 0 Å². The number of hydrogen-bond donors (Lipinski definition) is 0. The predicted molar refractivity (Wildman–Crippen MR) is 168 cm³/mol. The van der Waals surface area contributed by atoms with Crippen LogP contribution < -0.4 is 19.7 Å². The summed E-state index contributed by atoms with van der Waals surface area (Å²) in [4.78, 5) is 28.5. The minimum Gasteiger partial charge on any atom is -0.533 e. The number of benzene rings is 4. The van der Waals surface area contributed by atoms with E-state index in [1.54, 1.807) is 36.3 Å². The number of carbonyl (C=O) groups excluding carboxylic acids is 2. The smallest absolute Gasteiger partial charge is 0.338 e. The fourth-order valence-electron chi connectivity index (χ4n) is 5.87. The Balaban J connectivity index is 1.57. The van der Waals surface area contributed by atoms with Crippen LogP contribution in [0.1, 0.15) is 37.6 Å². The molecule has 1 aliphatic heterocycles. The van der Waals surface area contributed by atoms with Crippen molar-refractivity contribution < 1.29 is 23.5 Å². The van der Waals surface area contributed by atoms with E-state index >= 15 is 0 Å². The van der Waals surface area contributed by atoms with Crippen LogP contribution in [0.3, 0.4) is 0 Å². The van der Waals surface area contributed by atoms with Crippen LogP contribution in [0, 0.1) is 0 Å². The van der Waals surface area contributed by atoms with Crippen molar-refractivity contribution >= 4 is 36.3 Å². The van der Waals surface area contributed by atoms with E-state index in [0.717, 1.165) is 10.4 Å². The van der Waals surface area contributed by atoms with Crippen LogP contribution in [0.5, 0.6) is 5.75 Å². The van der Waals surface area contributed by atoms with Gasteiger partial charge in [0.2, 0.25) is 0 Å². The second-order valence-corrected chi connectivity index (χ2v) is 15.8. The summed E-state index contributed by atoms with van der Waals surface area (Å²) < 4.78 is 18.6. The normalized spacial score (nSPS) is 17.2. The van der Waals surface area contributed by atoms with Crippen molar-refractivity contribution in [2.45, 2.75) is 44.4 Å². The molecule has 1 fully saturated rings. The second kappa shape index (κ2) is 12.3. The van der Waals surface area contributed by atoms with Gasteiger partial charge in [-0.3, -0.25) is 4.79 Å². The van der Waals surface area contributed by atoms with Gasteiger partial charge < -0.3 is 18.8 Å². The molecule has 1 saturated heterocycles. The van der Waals surface area contributed by atoms with Crippen LogP contribution in [-0.4, -0.2) is 46.1 Å². The fraction of sp³-hybridized carbons (Fsp3) is 0.257. The summed E-state index contributed by atoms with van der Waals surface area (Å²) in [5, 5.41) is 2.00. The van der Waals surface area contributed by atoms with Gasteiger partial charge in [0.25, 0.3) is 5.91 Å². The third kappa shape index (κ3) is 5.62. The molecule has 216 valence electrons. The first kappa shape index (κ1) is 29.3. The molecule has 1 aliphatic rings. The van der Waals surface area contributed by atoms with Crippen LogP contribution in [0.15, 0.2) is 115 Å². The van der Waals surface area contributed by atoms with E-state index in [1.165, 1.54) is 0 Å². The molecule has 0 saturated carbocycles. The molecule has 42 heavy (non-hydrogen) atoms. The van der Waals surface area contributed by atoms with E-state index in [9.17, 15) is 9.59 Å². The molecule has 4 aromatic rings. The first-order valence-corrected chi connectivity index (χ1v) is 16.1. The highest BCUT2D eigenvalue weighted by molar-refractivity contribution is 7.00. The maximum absolute atomic E-state index is 14.0. The van der Waals surface area contributed by atoms with Gasteiger partial charge in [-0.1, -0.05) is 112 Å². The molecular weight excluding hydrogens is 542 g/mol. The van der Waals surface area contributed by atoms with Crippen LogP contribution in [0.25, 0.3) is 0 Å². The van der Waals surface area contributed by atoms with E-state index in [-0.39, 0.29) is 17.0 Å². The summed E-state index contributed by atoms with van der Waals surface area (Å²) in [6.07, 6.45) is -0.613. The minimum absolute atomic E-state index is 0.266. The maximum Gasteiger partial charge on any atom is 0.338 e. The molecule has 1 heterocycles. The molecule has 0 spiro atoms. The molecular formula is C35H37NO5Si. The molecule has 0 bridgehead atoms. The van der Waals surface area contributed by atoms with E-state index in [2.05, 4.69) is 45.0 Å². The number of ether oxygens (including phenoxy) is 2. The Morgan fingerprint density at radius 2 is 1.33 bits per heavy atom. The van der Waals surface area contributed by atoms with Crippen LogP contribution in [-0.2, 0) is 14.3 Å². The number of hydrogen-bond acceptors (Lipinski definition) is 5. The Hall–Kier alpha value is -4.20. The minimum atomic E-state index is -2.98. The monoisotopic (exact) mass is 579 g/mol. The Labute approximate surface area is 249 Å². The Kier molecular flexibility index (Phi) is 8.61. The van der Waals surface area contributed by atoms with E-state index < -0.39 is 20.4 Å². The quantitative estimate of drug-likeness (QED) is 0.191. The highest BCUT2D eigenvalue weighted by Gasteiger charge is 2.53. The first-order valence-electron chi connectivity index (χ1n) is 14.2. The number of anilines is 1. The number of nitrogens with zero attached hydrogens (tertiary/aromatic N) is 1. The van der Waals surface area contributed by atoms with Crippen LogP contribution in [0.4, 0.5) is 5.69 Å². The van der Waals surface area contributed by atoms with Crippen molar-refractivity contribution in [1.29, 1.82) is 0 Å². The number of esters is 1. The standard InChI is InChI=1S/C35H37NO5Si/c1-35(2,3)42(28-18-10-6-11-19-28,29-20-12-7-13-21-29)41-31-23-15-14-22-30(31)36-27(25-39-4)24-32(33(36)37)40-34(38)26-16-8-5-9-17-26/h5-23,27,32H,24-25H2,1-4H3/t27-,32+/m1/s1. The van der Waals surface area contributed by atoms with Gasteiger partial charge in [-0.15, -0.1) is 0 Å². The lowest BCUT2D eigenvalue weighted by molar-refractivity contribution is -0.124. The zero-order chi connectivity index (χ0) is 29.7. The lowest BCUT2D eigenvalue weighted by Gasteiger charge is -2.43.